The lowest BCUT2D eigenvalue weighted by Gasteiger charge is -2.12. The molecule has 110 valence electrons. The molecular formula is C14H15F3O3. The van der Waals surface area contributed by atoms with Crippen LogP contribution in [0.5, 0.6) is 5.75 Å². The van der Waals surface area contributed by atoms with Crippen molar-refractivity contribution < 1.29 is 27.4 Å². The molecule has 0 aliphatic heterocycles. The van der Waals surface area contributed by atoms with Crippen LogP contribution in [0.1, 0.15) is 24.5 Å². The van der Waals surface area contributed by atoms with Crippen molar-refractivity contribution in [2.75, 3.05) is 13.7 Å². The number of hydrogen-bond donors (Lipinski definition) is 0. The Bertz CT molecular complexity index is 493. The minimum absolute atomic E-state index is 0.0151. The lowest BCUT2D eigenvalue weighted by molar-refractivity contribution is -0.142. The third kappa shape index (κ3) is 4.60. The molecular weight excluding hydrogens is 273 g/mol. The van der Waals surface area contributed by atoms with Gasteiger partial charge in [0.15, 0.2) is 0 Å². The highest BCUT2D eigenvalue weighted by atomic mass is 19.4. The maximum absolute atomic E-state index is 12.8. The summed E-state index contributed by atoms with van der Waals surface area (Å²) in [6.45, 7) is 1.95. The first-order chi connectivity index (χ1) is 9.38. The first kappa shape index (κ1) is 16.1. The molecule has 0 fully saturated rings. The molecule has 0 unspecified atom stereocenters. The molecule has 0 heterocycles. The van der Waals surface area contributed by atoms with Crippen molar-refractivity contribution in [1.29, 1.82) is 0 Å². The number of methoxy groups -OCH3 is 1. The van der Waals surface area contributed by atoms with Crippen LogP contribution in [-0.4, -0.2) is 19.7 Å². The van der Waals surface area contributed by atoms with Gasteiger partial charge in [0.25, 0.3) is 0 Å². The first-order valence-corrected chi connectivity index (χ1v) is 5.96. The summed E-state index contributed by atoms with van der Waals surface area (Å²) in [4.78, 5) is 11.1. The van der Waals surface area contributed by atoms with E-state index in [4.69, 9.17) is 4.74 Å². The quantitative estimate of drug-likeness (QED) is 0.775. The number of halogens is 3. The number of carbonyl (C=O) groups excluding carboxylic acids is 1. The number of esters is 1. The second-order valence-corrected chi connectivity index (χ2v) is 3.87. The number of benzene rings is 1. The average molecular weight is 288 g/mol. The molecule has 0 spiro atoms. The van der Waals surface area contributed by atoms with Crippen molar-refractivity contribution in [1.82, 2.24) is 0 Å². The summed E-state index contributed by atoms with van der Waals surface area (Å²) < 4.78 is 47.8. The van der Waals surface area contributed by atoms with Gasteiger partial charge in [-0.2, -0.15) is 13.2 Å². The summed E-state index contributed by atoms with van der Waals surface area (Å²) in [6, 6.07) is 3.70. The second kappa shape index (κ2) is 6.98. The maximum atomic E-state index is 12.8. The number of carbonyl (C=O) groups is 1. The first-order valence-electron chi connectivity index (χ1n) is 5.96. The van der Waals surface area contributed by atoms with Crippen molar-refractivity contribution in [3.63, 3.8) is 0 Å². The molecule has 6 heteroatoms. The fourth-order valence-corrected chi connectivity index (χ4v) is 1.56. The summed E-state index contributed by atoms with van der Waals surface area (Å²) in [5.41, 5.74) is -0.513. The number of rotatable bonds is 5. The number of hydrogen-bond acceptors (Lipinski definition) is 3. The molecule has 1 aromatic carbocycles. The highest BCUT2D eigenvalue weighted by molar-refractivity contribution is 5.72. The Labute approximate surface area is 115 Å². The van der Waals surface area contributed by atoms with Crippen LogP contribution in [0.25, 0.3) is 6.08 Å². The molecule has 0 N–H and O–H groups in total. The van der Waals surface area contributed by atoms with Gasteiger partial charge in [-0.1, -0.05) is 18.2 Å². The smallest absolute Gasteiger partial charge is 0.419 e. The van der Waals surface area contributed by atoms with Crippen LogP contribution in [0.15, 0.2) is 24.3 Å². The van der Waals surface area contributed by atoms with Gasteiger partial charge >= 0.3 is 12.1 Å². The van der Waals surface area contributed by atoms with E-state index < -0.39 is 17.7 Å². The SMILES string of the molecule is CCOC(=O)CC=Cc1ccc(OC)c(C(F)(F)F)c1. The maximum Gasteiger partial charge on any atom is 0.419 e. The highest BCUT2D eigenvalue weighted by Gasteiger charge is 2.34. The molecule has 0 aliphatic carbocycles. The van der Waals surface area contributed by atoms with Crippen LogP contribution < -0.4 is 4.74 Å². The average Bonchev–Trinajstić information content (AvgIpc) is 2.38. The molecule has 0 radical (unpaired) electrons. The van der Waals surface area contributed by atoms with Gasteiger partial charge in [0.05, 0.1) is 25.7 Å². The molecule has 0 atom stereocenters. The van der Waals surface area contributed by atoms with Crippen molar-refractivity contribution in [3.05, 3.63) is 35.4 Å². The third-order valence-corrected chi connectivity index (χ3v) is 2.43. The lowest BCUT2D eigenvalue weighted by Crippen LogP contribution is -2.07. The Morgan fingerprint density at radius 3 is 2.60 bits per heavy atom. The molecule has 0 aromatic heterocycles. The Kier molecular flexibility index (Phi) is 5.61. The van der Waals surface area contributed by atoms with E-state index in [1.54, 1.807) is 6.92 Å². The van der Waals surface area contributed by atoms with Gasteiger partial charge in [0.1, 0.15) is 5.75 Å². The van der Waals surface area contributed by atoms with Crippen LogP contribution in [0.4, 0.5) is 13.2 Å². The van der Waals surface area contributed by atoms with Crippen LogP contribution >= 0.6 is 0 Å². The third-order valence-electron chi connectivity index (χ3n) is 2.43. The summed E-state index contributed by atoms with van der Waals surface area (Å²) >= 11 is 0. The fraction of sp³-hybridized carbons (Fsp3) is 0.357. The zero-order valence-electron chi connectivity index (χ0n) is 11.2. The molecule has 0 saturated carbocycles. The number of alkyl halides is 3. The van der Waals surface area contributed by atoms with E-state index in [-0.39, 0.29) is 18.8 Å². The molecule has 20 heavy (non-hydrogen) atoms. The van der Waals surface area contributed by atoms with Gasteiger partial charge in [-0.05, 0) is 24.6 Å². The monoisotopic (exact) mass is 288 g/mol. The summed E-state index contributed by atoms with van der Waals surface area (Å²) in [5.74, 6) is -0.659. The van der Waals surface area contributed by atoms with E-state index in [0.29, 0.717) is 5.56 Å². The molecule has 1 rings (SSSR count). The van der Waals surface area contributed by atoms with Gasteiger partial charge < -0.3 is 9.47 Å². The normalized spacial score (nSPS) is 11.7. The molecule has 0 aliphatic rings. The van der Waals surface area contributed by atoms with Gasteiger partial charge in [0.2, 0.25) is 0 Å². The van der Waals surface area contributed by atoms with Crippen molar-refractivity contribution in [2.45, 2.75) is 19.5 Å². The van der Waals surface area contributed by atoms with Gasteiger partial charge in [-0.3, -0.25) is 4.79 Å². The van der Waals surface area contributed by atoms with E-state index in [0.717, 1.165) is 6.07 Å². The minimum Gasteiger partial charge on any atom is -0.496 e. The molecule has 0 bridgehead atoms. The van der Waals surface area contributed by atoms with Gasteiger partial charge in [-0.25, -0.2) is 0 Å². The number of ether oxygens (including phenoxy) is 2. The second-order valence-electron chi connectivity index (χ2n) is 3.87. The molecule has 1 aromatic rings. The standard InChI is InChI=1S/C14H15F3O3/c1-3-20-13(18)6-4-5-10-7-8-12(19-2)11(9-10)14(15,16)17/h4-5,7-9H,3,6H2,1-2H3. The zero-order chi connectivity index (χ0) is 15.2. The largest absolute Gasteiger partial charge is 0.496 e. The van der Waals surface area contributed by atoms with E-state index in [1.807, 2.05) is 0 Å². The Balaban J connectivity index is 2.87. The van der Waals surface area contributed by atoms with Crippen LogP contribution in [0, 0.1) is 0 Å². The van der Waals surface area contributed by atoms with E-state index in [1.165, 1.54) is 31.4 Å². The summed E-state index contributed by atoms with van der Waals surface area (Å²) in [5, 5.41) is 0. The highest BCUT2D eigenvalue weighted by Crippen LogP contribution is 2.36. The van der Waals surface area contributed by atoms with Gasteiger partial charge in [0, 0.05) is 0 Å². The molecule has 0 saturated heterocycles. The molecule has 3 nitrogen and oxygen atoms in total. The minimum atomic E-state index is -4.49. The Morgan fingerprint density at radius 1 is 1.35 bits per heavy atom. The summed E-state index contributed by atoms with van der Waals surface area (Å²) in [6.07, 6.45) is -1.58. The Morgan fingerprint density at radius 2 is 2.05 bits per heavy atom. The van der Waals surface area contributed by atoms with E-state index in [9.17, 15) is 18.0 Å². The predicted octanol–water partition coefficient (Wildman–Crippen LogP) is 3.68. The topological polar surface area (TPSA) is 35.5 Å². The van der Waals surface area contributed by atoms with Gasteiger partial charge in [-0.15, -0.1) is 0 Å². The fourth-order valence-electron chi connectivity index (χ4n) is 1.56. The van der Waals surface area contributed by atoms with E-state index >= 15 is 0 Å². The van der Waals surface area contributed by atoms with Crippen molar-refractivity contribution in [2.24, 2.45) is 0 Å². The summed E-state index contributed by atoms with van der Waals surface area (Å²) in [7, 11) is 1.18. The lowest BCUT2D eigenvalue weighted by atomic mass is 10.1. The Hall–Kier alpha value is -1.98. The predicted molar refractivity (Wildman–Crippen MR) is 68.3 cm³/mol. The zero-order valence-corrected chi connectivity index (χ0v) is 11.2. The van der Waals surface area contributed by atoms with Crippen LogP contribution in [0.2, 0.25) is 0 Å². The van der Waals surface area contributed by atoms with Crippen molar-refractivity contribution >= 4 is 12.0 Å². The van der Waals surface area contributed by atoms with Crippen molar-refractivity contribution in [3.8, 4) is 5.75 Å². The molecule has 0 amide bonds. The van der Waals surface area contributed by atoms with Crippen LogP contribution in [0.3, 0.4) is 0 Å². The van der Waals surface area contributed by atoms with Crippen LogP contribution in [-0.2, 0) is 15.7 Å². The van der Waals surface area contributed by atoms with E-state index in [2.05, 4.69) is 4.74 Å².